The number of hydrogen-bond acceptors (Lipinski definition) is 3. The maximum Gasteiger partial charge on any atom is 0.328 e. The molecule has 1 aromatic rings. The predicted octanol–water partition coefficient (Wildman–Crippen LogP) is 0.499. The molecule has 17 heavy (non-hydrogen) atoms. The lowest BCUT2D eigenvalue weighted by molar-refractivity contribution is -0.163. The molecule has 2 rings (SSSR count). The number of carboxylic acids is 1. The van der Waals surface area contributed by atoms with Gasteiger partial charge in [0, 0.05) is 6.54 Å². The Morgan fingerprint density at radius 2 is 2.12 bits per heavy atom. The molecule has 1 N–H and O–H groups in total. The van der Waals surface area contributed by atoms with Gasteiger partial charge in [-0.1, -0.05) is 30.3 Å². The Labute approximate surface area is 98.6 Å². The van der Waals surface area contributed by atoms with E-state index in [1.54, 1.807) is 0 Å². The van der Waals surface area contributed by atoms with Crippen molar-refractivity contribution in [1.82, 2.24) is 4.90 Å². The van der Waals surface area contributed by atoms with Crippen LogP contribution in [0.1, 0.15) is 5.56 Å². The first-order valence-electron chi connectivity index (χ1n) is 5.32. The summed E-state index contributed by atoms with van der Waals surface area (Å²) in [6.45, 7) is 0.310. The molecule has 90 valence electrons. The van der Waals surface area contributed by atoms with Crippen LogP contribution in [0.4, 0.5) is 0 Å². The number of hydrogen-bond donors (Lipinski definition) is 1. The minimum absolute atomic E-state index is 0.0450. The molecule has 1 saturated heterocycles. The van der Waals surface area contributed by atoms with Crippen molar-refractivity contribution >= 4 is 11.9 Å². The first-order chi connectivity index (χ1) is 8.18. The van der Waals surface area contributed by atoms with Gasteiger partial charge < -0.3 is 14.7 Å². The highest BCUT2D eigenvalue weighted by atomic mass is 16.5. The molecule has 1 aliphatic rings. The number of carboxylic acid groups (broad SMARTS) is 1. The predicted molar refractivity (Wildman–Crippen MR) is 59.2 cm³/mol. The number of aliphatic carboxylic acids is 1. The van der Waals surface area contributed by atoms with E-state index >= 15 is 0 Å². The Balaban J connectivity index is 2.15. The summed E-state index contributed by atoms with van der Waals surface area (Å²) in [4.78, 5) is 24.0. The van der Waals surface area contributed by atoms with Crippen molar-refractivity contribution in [3.8, 4) is 0 Å². The van der Waals surface area contributed by atoms with Gasteiger partial charge in [0.05, 0.1) is 6.61 Å². The molecule has 5 heteroatoms. The van der Waals surface area contributed by atoms with Gasteiger partial charge in [-0.2, -0.15) is 0 Å². The molecule has 0 spiro atoms. The van der Waals surface area contributed by atoms with E-state index < -0.39 is 12.0 Å². The van der Waals surface area contributed by atoms with Gasteiger partial charge in [0.25, 0.3) is 0 Å². The third kappa shape index (κ3) is 2.62. The first kappa shape index (κ1) is 11.6. The van der Waals surface area contributed by atoms with Crippen molar-refractivity contribution in [2.24, 2.45) is 0 Å². The van der Waals surface area contributed by atoms with Gasteiger partial charge in [-0.05, 0) is 5.56 Å². The van der Waals surface area contributed by atoms with Gasteiger partial charge in [0.2, 0.25) is 5.91 Å². The largest absolute Gasteiger partial charge is 0.480 e. The second-order valence-corrected chi connectivity index (χ2v) is 3.88. The van der Waals surface area contributed by atoms with Crippen molar-refractivity contribution in [3.05, 3.63) is 35.9 Å². The number of nitrogens with zero attached hydrogens (tertiary/aromatic N) is 1. The molecule has 1 atom stereocenters. The van der Waals surface area contributed by atoms with E-state index in [0.29, 0.717) is 6.54 Å². The molecular weight excluding hydrogens is 222 g/mol. The van der Waals surface area contributed by atoms with E-state index in [2.05, 4.69) is 0 Å². The highest BCUT2D eigenvalue weighted by molar-refractivity contribution is 5.85. The zero-order valence-electron chi connectivity index (χ0n) is 9.20. The summed E-state index contributed by atoms with van der Waals surface area (Å²) in [5.41, 5.74) is 0.911. The Morgan fingerprint density at radius 1 is 1.41 bits per heavy atom. The fraction of sp³-hybridized carbons (Fsp3) is 0.333. The second kappa shape index (κ2) is 4.97. The number of amides is 1. The number of carbonyl (C=O) groups is 2. The Bertz CT molecular complexity index is 418. The molecule has 1 fully saturated rings. The lowest BCUT2D eigenvalue weighted by Gasteiger charge is -2.32. The van der Waals surface area contributed by atoms with Gasteiger partial charge in [-0.15, -0.1) is 0 Å². The van der Waals surface area contributed by atoms with Crippen LogP contribution in [0.2, 0.25) is 0 Å². The first-order valence-corrected chi connectivity index (χ1v) is 5.32. The molecule has 1 aromatic carbocycles. The SMILES string of the molecule is O=C(O)C1COCC(=O)N1Cc1ccccc1. The number of morpholine rings is 1. The number of benzene rings is 1. The fourth-order valence-electron chi connectivity index (χ4n) is 1.79. The summed E-state index contributed by atoms with van der Waals surface area (Å²) in [6.07, 6.45) is 0. The van der Waals surface area contributed by atoms with Crippen LogP contribution in [0.15, 0.2) is 30.3 Å². The standard InChI is InChI=1S/C12H13NO4/c14-11-8-17-7-10(12(15)16)13(11)6-9-4-2-1-3-5-9/h1-5,10H,6-8H2,(H,15,16). The minimum Gasteiger partial charge on any atom is -0.480 e. The van der Waals surface area contributed by atoms with Gasteiger partial charge in [0.1, 0.15) is 6.61 Å². The van der Waals surface area contributed by atoms with E-state index in [1.807, 2.05) is 30.3 Å². The Morgan fingerprint density at radius 3 is 2.76 bits per heavy atom. The molecule has 1 heterocycles. The van der Waals surface area contributed by atoms with E-state index in [9.17, 15) is 9.59 Å². The minimum atomic E-state index is -1.03. The topological polar surface area (TPSA) is 66.8 Å². The molecule has 0 saturated carbocycles. The van der Waals surface area contributed by atoms with Crippen molar-refractivity contribution in [3.63, 3.8) is 0 Å². The third-order valence-electron chi connectivity index (χ3n) is 2.68. The van der Waals surface area contributed by atoms with E-state index in [0.717, 1.165) is 5.56 Å². The third-order valence-corrected chi connectivity index (χ3v) is 2.68. The molecule has 0 aliphatic carbocycles. The molecule has 0 radical (unpaired) electrons. The van der Waals surface area contributed by atoms with Crippen LogP contribution in [-0.2, 0) is 20.9 Å². The summed E-state index contributed by atoms with van der Waals surface area (Å²) in [5.74, 6) is -1.32. The zero-order chi connectivity index (χ0) is 12.3. The van der Waals surface area contributed by atoms with Crippen LogP contribution >= 0.6 is 0 Å². The Hall–Kier alpha value is -1.88. The second-order valence-electron chi connectivity index (χ2n) is 3.88. The molecular formula is C12H13NO4. The molecule has 1 unspecified atom stereocenters. The lowest BCUT2D eigenvalue weighted by atomic mass is 10.1. The average molecular weight is 235 g/mol. The van der Waals surface area contributed by atoms with Crippen molar-refractivity contribution < 1.29 is 19.4 Å². The normalized spacial score (nSPS) is 20.4. The van der Waals surface area contributed by atoms with Crippen molar-refractivity contribution in [1.29, 1.82) is 0 Å². The summed E-state index contributed by atoms with van der Waals surface area (Å²) in [5, 5.41) is 9.03. The molecule has 0 aromatic heterocycles. The number of rotatable bonds is 3. The zero-order valence-corrected chi connectivity index (χ0v) is 9.20. The van der Waals surface area contributed by atoms with E-state index in [4.69, 9.17) is 9.84 Å². The summed E-state index contributed by atoms with van der Waals surface area (Å²) < 4.78 is 4.95. The summed E-state index contributed by atoms with van der Waals surface area (Å²) >= 11 is 0. The van der Waals surface area contributed by atoms with Crippen LogP contribution < -0.4 is 0 Å². The monoisotopic (exact) mass is 235 g/mol. The quantitative estimate of drug-likeness (QED) is 0.828. The molecule has 1 amide bonds. The Kier molecular flexibility index (Phi) is 3.39. The summed E-state index contributed by atoms with van der Waals surface area (Å²) in [6, 6.07) is 8.42. The van der Waals surface area contributed by atoms with Gasteiger partial charge in [0.15, 0.2) is 6.04 Å². The lowest BCUT2D eigenvalue weighted by Crippen LogP contribution is -2.52. The van der Waals surface area contributed by atoms with Crippen LogP contribution in [0, 0.1) is 0 Å². The fourth-order valence-corrected chi connectivity index (χ4v) is 1.79. The van der Waals surface area contributed by atoms with Crippen molar-refractivity contribution in [2.75, 3.05) is 13.2 Å². The van der Waals surface area contributed by atoms with Crippen LogP contribution in [0.5, 0.6) is 0 Å². The summed E-state index contributed by atoms with van der Waals surface area (Å²) in [7, 11) is 0. The molecule has 0 bridgehead atoms. The highest BCUT2D eigenvalue weighted by Crippen LogP contribution is 2.13. The van der Waals surface area contributed by atoms with E-state index in [-0.39, 0.29) is 19.1 Å². The molecule has 1 aliphatic heterocycles. The van der Waals surface area contributed by atoms with Gasteiger partial charge >= 0.3 is 5.97 Å². The number of carbonyl (C=O) groups excluding carboxylic acids is 1. The van der Waals surface area contributed by atoms with E-state index in [1.165, 1.54) is 4.90 Å². The van der Waals surface area contributed by atoms with Crippen LogP contribution in [0.25, 0.3) is 0 Å². The van der Waals surface area contributed by atoms with Crippen LogP contribution in [-0.4, -0.2) is 41.1 Å². The van der Waals surface area contributed by atoms with Crippen LogP contribution in [0.3, 0.4) is 0 Å². The maximum atomic E-state index is 11.7. The average Bonchev–Trinajstić information content (AvgIpc) is 2.33. The maximum absolute atomic E-state index is 11.7. The molecule has 5 nitrogen and oxygen atoms in total. The van der Waals surface area contributed by atoms with Gasteiger partial charge in [-0.3, -0.25) is 4.79 Å². The van der Waals surface area contributed by atoms with Crippen molar-refractivity contribution in [2.45, 2.75) is 12.6 Å². The van der Waals surface area contributed by atoms with Gasteiger partial charge in [-0.25, -0.2) is 4.79 Å². The number of ether oxygens (including phenoxy) is 1. The smallest absolute Gasteiger partial charge is 0.328 e. The highest BCUT2D eigenvalue weighted by Gasteiger charge is 2.33.